The minimum absolute atomic E-state index is 0.0986. The standard InChI is InChI=1S/C27H34N4O7.C3H8O2/c1-2-3-4-6-17-9-11-18(12-10-17)29-26(34)20-7-5-8-23(37-20)38-24(25(28)33)19-13-14-22(36-19)31-16-15-21(32)30-27(31)35;1-3(2,4)5/h7,9-12,15-16,19,22-24H,2-6,8,13-14H2,1H3,(H2,28,33)(H,29,34)(H,30,32,35);4-5H,1-2H3. The number of nitrogens with zero attached hydrogens (tertiary/aromatic N) is 1. The summed E-state index contributed by atoms with van der Waals surface area (Å²) in [6.45, 7) is 4.77. The Hall–Kier alpha value is -3.78. The average molecular weight is 603 g/mol. The van der Waals surface area contributed by atoms with Gasteiger partial charge in [0.2, 0.25) is 12.2 Å². The molecular formula is C30H42N4O9. The largest absolute Gasteiger partial charge is 0.459 e. The van der Waals surface area contributed by atoms with Gasteiger partial charge in [0.25, 0.3) is 11.5 Å². The maximum Gasteiger partial charge on any atom is 0.330 e. The monoisotopic (exact) mass is 602 g/mol. The average Bonchev–Trinajstić information content (AvgIpc) is 3.41. The van der Waals surface area contributed by atoms with Gasteiger partial charge in [0.1, 0.15) is 6.23 Å². The maximum atomic E-state index is 12.8. The van der Waals surface area contributed by atoms with Crippen LogP contribution in [-0.4, -0.2) is 55.9 Å². The van der Waals surface area contributed by atoms with Gasteiger partial charge < -0.3 is 35.5 Å². The Morgan fingerprint density at radius 1 is 1.14 bits per heavy atom. The molecule has 13 heteroatoms. The lowest BCUT2D eigenvalue weighted by Gasteiger charge is -2.29. The second kappa shape index (κ2) is 15.6. The summed E-state index contributed by atoms with van der Waals surface area (Å²) in [5.74, 6) is -2.56. The van der Waals surface area contributed by atoms with E-state index >= 15 is 0 Å². The fourth-order valence-electron chi connectivity index (χ4n) is 4.60. The molecule has 2 aromatic rings. The van der Waals surface area contributed by atoms with Crippen molar-refractivity contribution in [2.45, 2.75) is 103 Å². The van der Waals surface area contributed by atoms with Crippen LogP contribution in [0, 0.1) is 0 Å². The molecule has 2 aliphatic rings. The van der Waals surface area contributed by atoms with Gasteiger partial charge in [-0.05, 0) is 69.7 Å². The van der Waals surface area contributed by atoms with Gasteiger partial charge in [-0.3, -0.25) is 23.9 Å². The summed E-state index contributed by atoms with van der Waals surface area (Å²) >= 11 is 0. The van der Waals surface area contributed by atoms with E-state index in [9.17, 15) is 19.2 Å². The van der Waals surface area contributed by atoms with Crippen molar-refractivity contribution < 1.29 is 34.0 Å². The molecule has 1 saturated heterocycles. The van der Waals surface area contributed by atoms with Crippen LogP contribution in [0.4, 0.5) is 5.69 Å². The molecule has 2 aliphatic heterocycles. The molecule has 3 heterocycles. The third kappa shape index (κ3) is 11.1. The highest BCUT2D eigenvalue weighted by molar-refractivity contribution is 6.02. The molecule has 0 radical (unpaired) electrons. The SMILES string of the molecule is CC(C)(O)O.CCCCCc1ccc(NC(=O)C2=CCCC(OC(C(N)=O)C3CCC(n4ccc(=O)[nH]c4=O)O3)O2)cc1. The molecule has 43 heavy (non-hydrogen) atoms. The van der Waals surface area contributed by atoms with Crippen LogP contribution in [0.3, 0.4) is 0 Å². The number of allylic oxidation sites excluding steroid dienone is 1. The van der Waals surface area contributed by atoms with Crippen LogP contribution in [0.5, 0.6) is 0 Å². The highest BCUT2D eigenvalue weighted by Gasteiger charge is 2.39. The molecule has 0 saturated carbocycles. The summed E-state index contributed by atoms with van der Waals surface area (Å²) < 4.78 is 18.8. The Bertz CT molecular complexity index is 1360. The van der Waals surface area contributed by atoms with Crippen molar-refractivity contribution in [1.82, 2.24) is 9.55 Å². The first-order valence-corrected chi connectivity index (χ1v) is 14.5. The van der Waals surface area contributed by atoms with Gasteiger partial charge in [-0.15, -0.1) is 0 Å². The molecule has 1 fully saturated rings. The molecule has 6 N–H and O–H groups in total. The molecule has 0 aliphatic carbocycles. The number of amides is 2. The Balaban J connectivity index is 0.000000934. The van der Waals surface area contributed by atoms with Crippen molar-refractivity contribution in [3.8, 4) is 0 Å². The molecule has 4 unspecified atom stereocenters. The number of aromatic amines is 1. The first-order chi connectivity index (χ1) is 20.3. The van der Waals surface area contributed by atoms with Gasteiger partial charge in [0, 0.05) is 24.4 Å². The number of nitrogens with one attached hydrogen (secondary N) is 2. The fraction of sp³-hybridized carbons (Fsp3) is 0.533. The third-order valence-corrected chi connectivity index (χ3v) is 6.60. The number of unbranched alkanes of at least 4 members (excludes halogenated alkanes) is 2. The van der Waals surface area contributed by atoms with Crippen molar-refractivity contribution in [1.29, 1.82) is 0 Å². The maximum absolute atomic E-state index is 12.8. The van der Waals surface area contributed by atoms with Gasteiger partial charge in [-0.25, -0.2) is 4.79 Å². The predicted octanol–water partition coefficient (Wildman–Crippen LogP) is 2.18. The van der Waals surface area contributed by atoms with E-state index in [0.29, 0.717) is 31.4 Å². The zero-order chi connectivity index (χ0) is 31.6. The Labute approximate surface area is 249 Å². The van der Waals surface area contributed by atoms with Crippen LogP contribution in [-0.2, 0) is 30.2 Å². The molecule has 2 amide bonds. The topological polar surface area (TPSA) is 195 Å². The summed E-state index contributed by atoms with van der Waals surface area (Å²) in [5.41, 5.74) is 6.36. The van der Waals surface area contributed by atoms with E-state index in [1.54, 1.807) is 6.08 Å². The van der Waals surface area contributed by atoms with Gasteiger partial charge in [0.15, 0.2) is 17.7 Å². The van der Waals surface area contributed by atoms with E-state index in [2.05, 4.69) is 17.2 Å². The number of hydrogen-bond acceptors (Lipinski definition) is 9. The molecule has 4 rings (SSSR count). The number of primary amides is 1. The van der Waals surface area contributed by atoms with Crippen molar-refractivity contribution >= 4 is 17.5 Å². The van der Waals surface area contributed by atoms with Crippen molar-refractivity contribution in [2.75, 3.05) is 5.32 Å². The molecular weight excluding hydrogens is 560 g/mol. The minimum Gasteiger partial charge on any atom is -0.459 e. The fourth-order valence-corrected chi connectivity index (χ4v) is 4.60. The van der Waals surface area contributed by atoms with Gasteiger partial charge in [0.05, 0.1) is 6.10 Å². The number of aromatic nitrogens is 2. The summed E-state index contributed by atoms with van der Waals surface area (Å²) in [5, 5.41) is 19.0. The van der Waals surface area contributed by atoms with E-state index < -0.39 is 53.6 Å². The highest BCUT2D eigenvalue weighted by atomic mass is 16.7. The van der Waals surface area contributed by atoms with Crippen LogP contribution < -0.4 is 22.3 Å². The van der Waals surface area contributed by atoms with Gasteiger partial charge in [-0.2, -0.15) is 0 Å². The molecule has 0 bridgehead atoms. The van der Waals surface area contributed by atoms with E-state index in [-0.39, 0.29) is 5.76 Å². The lowest BCUT2D eigenvalue weighted by atomic mass is 10.1. The van der Waals surface area contributed by atoms with E-state index in [1.165, 1.54) is 49.1 Å². The van der Waals surface area contributed by atoms with Gasteiger partial charge >= 0.3 is 5.69 Å². The van der Waals surface area contributed by atoms with E-state index in [4.69, 9.17) is 30.2 Å². The lowest BCUT2D eigenvalue weighted by molar-refractivity contribution is -0.194. The van der Waals surface area contributed by atoms with Crippen LogP contribution in [0.2, 0.25) is 0 Å². The second-order valence-electron chi connectivity index (χ2n) is 11.0. The second-order valence-corrected chi connectivity index (χ2v) is 11.0. The molecule has 1 aromatic heterocycles. The number of ether oxygens (including phenoxy) is 3. The van der Waals surface area contributed by atoms with Crippen molar-refractivity contribution in [3.63, 3.8) is 0 Å². The minimum atomic E-state index is -1.50. The summed E-state index contributed by atoms with van der Waals surface area (Å²) in [4.78, 5) is 50.7. The van der Waals surface area contributed by atoms with Gasteiger partial charge in [-0.1, -0.05) is 31.9 Å². The lowest BCUT2D eigenvalue weighted by Crippen LogP contribution is -2.44. The zero-order valence-electron chi connectivity index (χ0n) is 24.8. The number of benzene rings is 1. The smallest absolute Gasteiger partial charge is 0.330 e. The number of anilines is 1. The third-order valence-electron chi connectivity index (χ3n) is 6.60. The summed E-state index contributed by atoms with van der Waals surface area (Å²) in [6, 6.07) is 8.95. The number of carbonyl (C=O) groups is 2. The van der Waals surface area contributed by atoms with Crippen LogP contribution in [0.1, 0.15) is 77.5 Å². The normalized spacial score (nSPS) is 20.7. The van der Waals surface area contributed by atoms with E-state index in [1.807, 2.05) is 24.3 Å². The number of H-pyrrole nitrogens is 1. The molecule has 236 valence electrons. The number of carbonyl (C=O) groups excluding carboxylic acids is 2. The Morgan fingerprint density at radius 2 is 1.84 bits per heavy atom. The zero-order valence-corrected chi connectivity index (χ0v) is 24.8. The predicted molar refractivity (Wildman–Crippen MR) is 158 cm³/mol. The summed E-state index contributed by atoms with van der Waals surface area (Å²) in [7, 11) is 0. The van der Waals surface area contributed by atoms with Crippen LogP contribution in [0.15, 0.2) is 58.0 Å². The number of hydrogen-bond donors (Lipinski definition) is 5. The molecule has 0 spiro atoms. The molecule has 1 aromatic carbocycles. The summed E-state index contributed by atoms with van der Waals surface area (Å²) in [6.07, 6.45) is 5.83. The Morgan fingerprint density at radius 3 is 2.47 bits per heavy atom. The number of rotatable bonds is 11. The quantitative estimate of drug-likeness (QED) is 0.189. The van der Waals surface area contributed by atoms with Crippen LogP contribution in [0.25, 0.3) is 0 Å². The molecule has 13 nitrogen and oxygen atoms in total. The van der Waals surface area contributed by atoms with Crippen LogP contribution >= 0.6 is 0 Å². The van der Waals surface area contributed by atoms with Crippen molar-refractivity contribution in [3.05, 3.63) is 74.8 Å². The first-order valence-electron chi connectivity index (χ1n) is 14.5. The van der Waals surface area contributed by atoms with E-state index in [0.717, 1.165) is 12.8 Å². The number of nitrogens with two attached hydrogens (primary N) is 1. The number of aliphatic hydroxyl groups is 2. The van der Waals surface area contributed by atoms with Crippen molar-refractivity contribution in [2.24, 2.45) is 5.73 Å². The molecule has 4 atom stereocenters. The number of aryl methyl sites for hydroxylation is 1. The highest BCUT2D eigenvalue weighted by Crippen LogP contribution is 2.31. The first kappa shape index (κ1) is 33.7. The Kier molecular flexibility index (Phi) is 12.2.